The maximum atomic E-state index is 13.3. The third-order valence-electron chi connectivity index (χ3n) is 3.28. The minimum absolute atomic E-state index is 0.175. The Morgan fingerprint density at radius 3 is 2.95 bits per heavy atom. The van der Waals surface area contributed by atoms with Gasteiger partial charge >= 0.3 is 0 Å². The van der Waals surface area contributed by atoms with Crippen LogP contribution in [0.25, 0.3) is 0 Å². The zero-order valence-corrected chi connectivity index (χ0v) is 12.0. The number of amides is 1. The minimum atomic E-state index is -0.698. The van der Waals surface area contributed by atoms with Crippen LogP contribution in [0.2, 0.25) is 0 Å². The maximum Gasteiger partial charge on any atom is 0.240 e. The molecule has 0 saturated heterocycles. The quantitative estimate of drug-likeness (QED) is 0.887. The van der Waals surface area contributed by atoms with Crippen molar-refractivity contribution in [1.82, 2.24) is 14.9 Å². The first-order chi connectivity index (χ1) is 10.0. The molecule has 5 nitrogen and oxygen atoms in total. The van der Waals surface area contributed by atoms with Crippen LogP contribution in [0.15, 0.2) is 30.6 Å². The Kier molecular flexibility index (Phi) is 4.57. The summed E-state index contributed by atoms with van der Waals surface area (Å²) in [6, 6.07) is 3.73. The highest BCUT2D eigenvalue weighted by Crippen LogP contribution is 2.20. The monoisotopic (exact) mass is 291 g/mol. The van der Waals surface area contributed by atoms with Crippen LogP contribution >= 0.6 is 0 Å². The molecule has 1 atom stereocenters. The van der Waals surface area contributed by atoms with E-state index in [0.29, 0.717) is 5.56 Å². The van der Waals surface area contributed by atoms with E-state index in [9.17, 15) is 9.18 Å². The van der Waals surface area contributed by atoms with Crippen molar-refractivity contribution in [2.24, 2.45) is 0 Å². The Bertz CT molecular complexity index is 640. The molecule has 0 aliphatic rings. The predicted octanol–water partition coefficient (Wildman–Crippen LogP) is 2.17. The van der Waals surface area contributed by atoms with Gasteiger partial charge in [-0.05, 0) is 24.6 Å². The molecule has 0 aliphatic heterocycles. The summed E-state index contributed by atoms with van der Waals surface area (Å²) in [5, 5.41) is 12.0. The molecule has 0 bridgehead atoms. The molecule has 6 heteroatoms. The van der Waals surface area contributed by atoms with Crippen molar-refractivity contribution >= 4 is 5.91 Å². The van der Waals surface area contributed by atoms with Crippen molar-refractivity contribution in [3.05, 3.63) is 47.8 Å². The molecular formula is C15H18FN3O2. The third-order valence-corrected chi connectivity index (χ3v) is 3.28. The number of benzene rings is 1. The van der Waals surface area contributed by atoms with E-state index in [1.54, 1.807) is 30.0 Å². The van der Waals surface area contributed by atoms with Crippen molar-refractivity contribution in [3.63, 3.8) is 0 Å². The number of nitrogens with zero attached hydrogens (tertiary/aromatic N) is 2. The number of aromatic hydroxyl groups is 1. The second-order valence-corrected chi connectivity index (χ2v) is 4.82. The summed E-state index contributed by atoms with van der Waals surface area (Å²) in [6.07, 6.45) is 4.16. The molecule has 2 rings (SSSR count). The highest BCUT2D eigenvalue weighted by Gasteiger charge is 2.13. The largest absolute Gasteiger partial charge is 0.505 e. The van der Waals surface area contributed by atoms with Crippen LogP contribution in [-0.2, 0) is 17.8 Å². The van der Waals surface area contributed by atoms with Crippen molar-refractivity contribution in [1.29, 1.82) is 0 Å². The third kappa shape index (κ3) is 3.59. The number of aryl methyl sites for hydroxylation is 1. The first kappa shape index (κ1) is 15.0. The van der Waals surface area contributed by atoms with E-state index in [2.05, 4.69) is 10.3 Å². The minimum Gasteiger partial charge on any atom is -0.505 e. The summed E-state index contributed by atoms with van der Waals surface area (Å²) in [7, 11) is 0. The number of halogens is 1. The Balaban J connectivity index is 2.00. The molecular weight excluding hydrogens is 273 g/mol. The Morgan fingerprint density at radius 2 is 2.29 bits per heavy atom. The molecule has 0 spiro atoms. The molecule has 0 aliphatic carbocycles. The maximum absolute atomic E-state index is 13.3. The van der Waals surface area contributed by atoms with Gasteiger partial charge in [0.25, 0.3) is 0 Å². The molecule has 0 fully saturated rings. The molecule has 1 aromatic carbocycles. The Hall–Kier alpha value is -2.37. The van der Waals surface area contributed by atoms with Crippen molar-refractivity contribution in [3.8, 4) is 5.75 Å². The highest BCUT2D eigenvalue weighted by molar-refractivity contribution is 5.76. The number of phenols is 1. The summed E-state index contributed by atoms with van der Waals surface area (Å²) < 4.78 is 15.1. The molecule has 0 unspecified atom stereocenters. The molecule has 0 radical (unpaired) electrons. The van der Waals surface area contributed by atoms with Crippen LogP contribution in [0.4, 0.5) is 4.39 Å². The number of phenolic OH excluding ortho intramolecular Hbond substituents is 1. The van der Waals surface area contributed by atoms with Crippen LogP contribution in [0.1, 0.15) is 31.3 Å². The zero-order valence-electron chi connectivity index (χ0n) is 12.0. The fourth-order valence-corrected chi connectivity index (χ4v) is 2.12. The van der Waals surface area contributed by atoms with Crippen LogP contribution in [0, 0.1) is 5.82 Å². The van der Waals surface area contributed by atoms with Gasteiger partial charge in [0.05, 0.1) is 6.04 Å². The fourth-order valence-electron chi connectivity index (χ4n) is 2.12. The molecule has 0 saturated carbocycles. The molecule has 2 aromatic rings. The zero-order chi connectivity index (χ0) is 15.4. The van der Waals surface area contributed by atoms with Gasteiger partial charge in [0.15, 0.2) is 11.6 Å². The normalized spacial score (nSPS) is 12.1. The highest BCUT2D eigenvalue weighted by atomic mass is 19.1. The standard InChI is InChI=1S/C15H18FN3O2/c1-3-14-17-6-7-19(14)9-15(21)18-10(2)11-4-5-13(20)12(16)8-11/h4-8,10,20H,3,9H2,1-2H3,(H,18,21)/t10-/m1/s1. The second-order valence-electron chi connectivity index (χ2n) is 4.82. The molecule has 1 aromatic heterocycles. The van der Waals surface area contributed by atoms with E-state index < -0.39 is 11.6 Å². The number of aromatic nitrogens is 2. The molecule has 1 amide bonds. The lowest BCUT2D eigenvalue weighted by Crippen LogP contribution is -2.30. The van der Waals surface area contributed by atoms with Gasteiger partial charge < -0.3 is 15.0 Å². The number of hydrogen-bond donors (Lipinski definition) is 2. The van der Waals surface area contributed by atoms with Crippen LogP contribution < -0.4 is 5.32 Å². The first-order valence-electron chi connectivity index (χ1n) is 6.79. The molecule has 21 heavy (non-hydrogen) atoms. The summed E-state index contributed by atoms with van der Waals surface area (Å²) in [5.74, 6) is -0.433. The molecule has 1 heterocycles. The van der Waals surface area contributed by atoms with E-state index in [-0.39, 0.29) is 18.5 Å². The molecule has 112 valence electrons. The second kappa shape index (κ2) is 6.39. The summed E-state index contributed by atoms with van der Waals surface area (Å²) in [6.45, 7) is 3.91. The Morgan fingerprint density at radius 1 is 1.52 bits per heavy atom. The van der Waals surface area contributed by atoms with Gasteiger partial charge in [-0.2, -0.15) is 0 Å². The SMILES string of the molecule is CCc1nccn1CC(=O)N[C@H](C)c1ccc(O)c(F)c1. The van der Waals surface area contributed by atoms with Gasteiger partial charge in [-0.15, -0.1) is 0 Å². The van der Waals surface area contributed by atoms with Gasteiger partial charge in [-0.25, -0.2) is 9.37 Å². The fraction of sp³-hybridized carbons (Fsp3) is 0.333. The van der Waals surface area contributed by atoms with Crippen molar-refractivity contribution in [2.75, 3.05) is 0 Å². The van der Waals surface area contributed by atoms with Crippen molar-refractivity contribution in [2.45, 2.75) is 32.9 Å². The summed E-state index contributed by atoms with van der Waals surface area (Å²) in [5.41, 5.74) is 0.597. The van der Waals surface area contributed by atoms with Gasteiger partial charge in [-0.1, -0.05) is 13.0 Å². The first-order valence-corrected chi connectivity index (χ1v) is 6.79. The lowest BCUT2D eigenvalue weighted by Gasteiger charge is -2.15. The van der Waals surface area contributed by atoms with E-state index >= 15 is 0 Å². The number of carbonyl (C=O) groups is 1. The number of imidazole rings is 1. The van der Waals surface area contributed by atoms with Crippen molar-refractivity contribution < 1.29 is 14.3 Å². The van der Waals surface area contributed by atoms with Crippen LogP contribution in [-0.4, -0.2) is 20.6 Å². The molecule has 2 N–H and O–H groups in total. The average Bonchev–Trinajstić information content (AvgIpc) is 2.88. The lowest BCUT2D eigenvalue weighted by atomic mass is 10.1. The van der Waals surface area contributed by atoms with Gasteiger partial charge in [-0.3, -0.25) is 4.79 Å². The predicted molar refractivity (Wildman–Crippen MR) is 76.2 cm³/mol. The lowest BCUT2D eigenvalue weighted by molar-refractivity contribution is -0.122. The Labute approximate surface area is 122 Å². The topological polar surface area (TPSA) is 67.2 Å². The number of rotatable bonds is 5. The van der Waals surface area contributed by atoms with E-state index in [1.807, 2.05) is 6.92 Å². The smallest absolute Gasteiger partial charge is 0.240 e. The van der Waals surface area contributed by atoms with Gasteiger partial charge in [0.2, 0.25) is 5.91 Å². The number of hydrogen-bond acceptors (Lipinski definition) is 3. The number of carbonyl (C=O) groups excluding carboxylic acids is 1. The van der Waals surface area contributed by atoms with Gasteiger partial charge in [0.1, 0.15) is 12.4 Å². The average molecular weight is 291 g/mol. The summed E-state index contributed by atoms with van der Waals surface area (Å²) >= 11 is 0. The van der Waals surface area contributed by atoms with Gasteiger partial charge in [0, 0.05) is 18.8 Å². The van der Waals surface area contributed by atoms with Crippen LogP contribution in [0.3, 0.4) is 0 Å². The summed E-state index contributed by atoms with van der Waals surface area (Å²) in [4.78, 5) is 16.2. The number of nitrogens with one attached hydrogen (secondary N) is 1. The van der Waals surface area contributed by atoms with Crippen LogP contribution in [0.5, 0.6) is 5.75 Å². The van der Waals surface area contributed by atoms with E-state index in [4.69, 9.17) is 5.11 Å². The van der Waals surface area contributed by atoms with E-state index in [0.717, 1.165) is 12.2 Å². The van der Waals surface area contributed by atoms with E-state index in [1.165, 1.54) is 12.1 Å².